The number of rotatable bonds is 10. The summed E-state index contributed by atoms with van der Waals surface area (Å²) < 4.78 is 27.3. The highest BCUT2D eigenvalue weighted by molar-refractivity contribution is 9.13. The zero-order valence-corrected chi connectivity index (χ0v) is 23.6. The minimum Gasteiger partial charge on any atom is -0.490 e. The highest BCUT2D eigenvalue weighted by Crippen LogP contribution is 2.43. The smallest absolute Gasteiger partial charge is 0.373 e. The molecule has 3 rings (SSSR count). The Labute approximate surface area is 229 Å². The third-order valence-electron chi connectivity index (χ3n) is 4.78. The monoisotopic (exact) mass is 642 g/mol. The number of imide groups is 1. The van der Waals surface area contributed by atoms with Gasteiger partial charge in [-0.25, -0.2) is 14.4 Å². The van der Waals surface area contributed by atoms with Gasteiger partial charge in [-0.15, -0.1) is 0 Å². The lowest BCUT2D eigenvalue weighted by molar-refractivity contribution is -0.149. The van der Waals surface area contributed by atoms with Gasteiger partial charge in [-0.1, -0.05) is 0 Å². The third-order valence-corrected chi connectivity index (χ3v) is 6.92. The highest BCUT2D eigenvalue weighted by atomic mass is 79.9. The number of nitrogens with zero attached hydrogens (tertiary/aromatic N) is 1. The number of methoxy groups -OCH3 is 1. The molecule has 0 saturated carbocycles. The summed E-state index contributed by atoms with van der Waals surface area (Å²) in [6.45, 7) is 5.03. The number of furan rings is 1. The topological polar surface area (TPSA) is 134 Å². The van der Waals surface area contributed by atoms with Crippen LogP contribution in [0.1, 0.15) is 42.6 Å². The lowest BCUT2D eigenvalue weighted by Gasteiger charge is -2.16. The number of esters is 2. The van der Waals surface area contributed by atoms with E-state index in [1.807, 2.05) is 0 Å². The van der Waals surface area contributed by atoms with Crippen LogP contribution in [-0.4, -0.2) is 55.2 Å². The number of benzene rings is 1. The first-order valence-corrected chi connectivity index (χ1v) is 12.6. The summed E-state index contributed by atoms with van der Waals surface area (Å²) in [5.41, 5.74) is 0.498. The lowest BCUT2D eigenvalue weighted by atomic mass is 10.1. The van der Waals surface area contributed by atoms with E-state index in [1.165, 1.54) is 25.3 Å². The van der Waals surface area contributed by atoms with E-state index in [9.17, 15) is 19.2 Å². The zero-order valence-electron chi connectivity index (χ0n) is 20.4. The standard InChI is InChI=1S/C24H24Br2N2O9/c1-5-34-17-9-13(19(25)20(26)21(17)35-11-18(29)36-12(2)3)8-15-22(30)28(24(32)27-15)10-14-6-7-16(37-14)23(31)33-4/h6-9,12H,5,10-11H2,1-4H3,(H,27,32)/b15-8-. The van der Waals surface area contributed by atoms with Gasteiger partial charge < -0.3 is 28.7 Å². The molecule has 0 spiro atoms. The Morgan fingerprint density at radius 1 is 1.16 bits per heavy atom. The fourth-order valence-corrected chi connectivity index (χ4v) is 4.18. The van der Waals surface area contributed by atoms with Crippen LogP contribution < -0.4 is 14.8 Å². The van der Waals surface area contributed by atoms with Crippen LogP contribution in [-0.2, 0) is 25.6 Å². The molecule has 3 amide bonds. The van der Waals surface area contributed by atoms with Crippen molar-refractivity contribution < 1.29 is 42.5 Å². The van der Waals surface area contributed by atoms with Gasteiger partial charge in [-0.05, 0) is 82.5 Å². The largest absolute Gasteiger partial charge is 0.490 e. The van der Waals surface area contributed by atoms with E-state index in [0.717, 1.165) is 4.90 Å². The highest BCUT2D eigenvalue weighted by Gasteiger charge is 2.35. The van der Waals surface area contributed by atoms with Gasteiger partial charge in [0.2, 0.25) is 5.76 Å². The van der Waals surface area contributed by atoms with Crippen LogP contribution in [0.4, 0.5) is 4.79 Å². The van der Waals surface area contributed by atoms with Gasteiger partial charge in [0.15, 0.2) is 18.1 Å². The molecule has 2 heterocycles. The van der Waals surface area contributed by atoms with Crippen molar-refractivity contribution in [3.05, 3.63) is 49.9 Å². The van der Waals surface area contributed by atoms with Gasteiger partial charge in [-0.3, -0.25) is 9.69 Å². The van der Waals surface area contributed by atoms with Crippen molar-refractivity contribution in [2.75, 3.05) is 20.3 Å². The van der Waals surface area contributed by atoms with Crippen LogP contribution >= 0.6 is 31.9 Å². The molecule has 1 aromatic carbocycles. The second-order valence-electron chi connectivity index (χ2n) is 7.82. The van der Waals surface area contributed by atoms with Crippen LogP contribution in [0.5, 0.6) is 11.5 Å². The molecule has 11 nitrogen and oxygen atoms in total. The van der Waals surface area contributed by atoms with Gasteiger partial charge in [0.05, 0.1) is 30.8 Å². The van der Waals surface area contributed by atoms with Gasteiger partial charge in [0.25, 0.3) is 5.91 Å². The molecule has 37 heavy (non-hydrogen) atoms. The second kappa shape index (κ2) is 12.3. The number of amides is 3. The minimum absolute atomic E-state index is 0.00831. The predicted octanol–water partition coefficient (Wildman–Crippen LogP) is 4.41. The van der Waals surface area contributed by atoms with Crippen molar-refractivity contribution in [1.82, 2.24) is 10.2 Å². The average Bonchev–Trinajstić information content (AvgIpc) is 3.41. The molecule has 198 valence electrons. The molecule has 1 aromatic heterocycles. The summed E-state index contributed by atoms with van der Waals surface area (Å²) in [5.74, 6) is -1.06. The van der Waals surface area contributed by atoms with Crippen LogP contribution in [0.3, 0.4) is 0 Å². The van der Waals surface area contributed by atoms with E-state index >= 15 is 0 Å². The Kier molecular flexibility index (Phi) is 9.38. The summed E-state index contributed by atoms with van der Waals surface area (Å²) in [7, 11) is 1.21. The quantitative estimate of drug-likeness (QED) is 0.227. The van der Waals surface area contributed by atoms with Crippen molar-refractivity contribution in [2.45, 2.75) is 33.4 Å². The van der Waals surface area contributed by atoms with Gasteiger partial charge >= 0.3 is 18.0 Å². The van der Waals surface area contributed by atoms with E-state index in [4.69, 9.17) is 18.6 Å². The maximum absolute atomic E-state index is 13.0. The van der Waals surface area contributed by atoms with Crippen LogP contribution in [0.2, 0.25) is 0 Å². The summed E-state index contributed by atoms with van der Waals surface area (Å²) in [4.78, 5) is 49.9. The Hall–Kier alpha value is -3.32. The Balaban J connectivity index is 1.84. The minimum atomic E-state index is -0.672. The Bertz CT molecular complexity index is 1250. The van der Waals surface area contributed by atoms with Crippen molar-refractivity contribution in [3.63, 3.8) is 0 Å². The van der Waals surface area contributed by atoms with Gasteiger partial charge in [-0.2, -0.15) is 0 Å². The molecule has 0 unspecified atom stereocenters. The van der Waals surface area contributed by atoms with Crippen LogP contribution in [0.15, 0.2) is 37.3 Å². The van der Waals surface area contributed by atoms with E-state index < -0.39 is 23.9 Å². The lowest BCUT2D eigenvalue weighted by Crippen LogP contribution is -2.30. The normalized spacial score (nSPS) is 14.2. The molecule has 13 heteroatoms. The summed E-state index contributed by atoms with van der Waals surface area (Å²) in [5, 5.41) is 2.53. The number of urea groups is 1. The van der Waals surface area contributed by atoms with Gasteiger partial charge in [0.1, 0.15) is 11.5 Å². The molecule has 1 aliphatic rings. The molecule has 0 radical (unpaired) electrons. The number of hydrogen-bond donors (Lipinski definition) is 1. The molecule has 0 atom stereocenters. The fraction of sp³-hybridized carbons (Fsp3) is 0.333. The zero-order chi connectivity index (χ0) is 27.3. The van der Waals surface area contributed by atoms with Crippen molar-refractivity contribution >= 4 is 61.8 Å². The van der Waals surface area contributed by atoms with E-state index in [1.54, 1.807) is 26.8 Å². The molecule has 2 aromatic rings. The van der Waals surface area contributed by atoms with Crippen LogP contribution in [0.25, 0.3) is 6.08 Å². The first-order valence-electron chi connectivity index (χ1n) is 11.0. The molecule has 0 aliphatic carbocycles. The van der Waals surface area contributed by atoms with Crippen LogP contribution in [0, 0.1) is 0 Å². The molecule has 0 bridgehead atoms. The maximum Gasteiger partial charge on any atom is 0.373 e. The third kappa shape index (κ3) is 6.72. The number of ether oxygens (including phenoxy) is 4. The number of carbonyl (C=O) groups is 4. The molecule has 1 fully saturated rings. The number of halogens is 2. The van der Waals surface area contributed by atoms with Crippen molar-refractivity contribution in [3.8, 4) is 11.5 Å². The average molecular weight is 644 g/mol. The number of hydrogen-bond acceptors (Lipinski definition) is 9. The van der Waals surface area contributed by atoms with E-state index in [0.29, 0.717) is 26.9 Å². The first kappa shape index (κ1) is 28.3. The fourth-order valence-electron chi connectivity index (χ4n) is 3.23. The number of carbonyl (C=O) groups excluding carboxylic acids is 4. The second-order valence-corrected chi connectivity index (χ2v) is 9.40. The first-order chi connectivity index (χ1) is 17.5. The number of nitrogens with one attached hydrogen (secondary N) is 1. The van der Waals surface area contributed by atoms with Crippen molar-refractivity contribution in [1.29, 1.82) is 0 Å². The van der Waals surface area contributed by atoms with E-state index in [2.05, 4.69) is 41.9 Å². The summed E-state index contributed by atoms with van der Waals surface area (Å²) in [6, 6.07) is 3.82. The maximum atomic E-state index is 13.0. The molecule has 1 aliphatic heterocycles. The Morgan fingerprint density at radius 2 is 1.89 bits per heavy atom. The van der Waals surface area contributed by atoms with Crippen molar-refractivity contribution in [2.24, 2.45) is 0 Å². The van der Waals surface area contributed by atoms with Gasteiger partial charge in [0, 0.05) is 4.47 Å². The molecule has 1 saturated heterocycles. The molecular formula is C24H24Br2N2O9. The SMILES string of the molecule is CCOc1cc(/C=C2\NC(=O)N(Cc3ccc(C(=O)OC)o3)C2=O)c(Br)c(Br)c1OCC(=O)OC(C)C. The predicted molar refractivity (Wildman–Crippen MR) is 137 cm³/mol. The molecule has 1 N–H and O–H groups in total. The Morgan fingerprint density at radius 3 is 2.54 bits per heavy atom. The summed E-state index contributed by atoms with van der Waals surface area (Å²) in [6.07, 6.45) is 1.18. The summed E-state index contributed by atoms with van der Waals surface area (Å²) >= 11 is 6.90. The van der Waals surface area contributed by atoms with E-state index in [-0.39, 0.29) is 42.2 Å². The molecular weight excluding hydrogens is 620 g/mol.